The zero-order valence-electron chi connectivity index (χ0n) is 12.4. The maximum atomic E-state index is 6.23. The molecule has 0 radical (unpaired) electrons. The molecule has 0 bridgehead atoms. The molecular weight excluding hydrogens is 293 g/mol. The molecule has 0 saturated carbocycles. The first-order valence-electron chi connectivity index (χ1n) is 6.95. The molecule has 1 aromatic carbocycles. The average Bonchev–Trinajstić information content (AvgIpc) is 2.79. The molecule has 0 aliphatic heterocycles. The second kappa shape index (κ2) is 5.97. The number of rotatable bonds is 4. The monoisotopic (exact) mass is 313 g/mol. The van der Waals surface area contributed by atoms with Gasteiger partial charge >= 0.3 is 0 Å². The standard InChI is InChI=1S/C16H21Cl2NO/c1-5-8-19-15(16(2,3)4)13-9-10-11(17)6-7-12(18)14(10)20-13/h6-7,9,15,19H,5,8H2,1-4H3. The molecule has 110 valence electrons. The lowest BCUT2D eigenvalue weighted by Gasteiger charge is -2.30. The van der Waals surface area contributed by atoms with Crippen molar-refractivity contribution < 1.29 is 4.42 Å². The largest absolute Gasteiger partial charge is 0.458 e. The Balaban J connectivity index is 2.49. The van der Waals surface area contributed by atoms with Crippen molar-refractivity contribution in [1.29, 1.82) is 0 Å². The van der Waals surface area contributed by atoms with Gasteiger partial charge in [-0.15, -0.1) is 0 Å². The minimum Gasteiger partial charge on any atom is -0.458 e. The summed E-state index contributed by atoms with van der Waals surface area (Å²) in [7, 11) is 0. The first kappa shape index (κ1) is 15.7. The summed E-state index contributed by atoms with van der Waals surface area (Å²) in [6.45, 7) is 9.67. The molecule has 0 spiro atoms. The molecule has 1 unspecified atom stereocenters. The van der Waals surface area contributed by atoms with Crippen molar-refractivity contribution in [3.05, 3.63) is 34.0 Å². The number of furan rings is 1. The first-order chi connectivity index (χ1) is 9.34. The van der Waals surface area contributed by atoms with Crippen molar-refractivity contribution in [3.63, 3.8) is 0 Å². The van der Waals surface area contributed by atoms with Crippen LogP contribution in [0.15, 0.2) is 22.6 Å². The lowest BCUT2D eigenvalue weighted by Crippen LogP contribution is -2.32. The first-order valence-corrected chi connectivity index (χ1v) is 7.71. The molecule has 1 atom stereocenters. The molecule has 0 saturated heterocycles. The van der Waals surface area contributed by atoms with Crippen LogP contribution in [0.2, 0.25) is 10.0 Å². The normalized spacial score (nSPS) is 13.9. The summed E-state index contributed by atoms with van der Waals surface area (Å²) in [6.07, 6.45) is 1.08. The highest BCUT2D eigenvalue weighted by molar-refractivity contribution is 6.39. The van der Waals surface area contributed by atoms with E-state index in [1.165, 1.54) is 0 Å². The number of nitrogens with one attached hydrogen (secondary N) is 1. The number of hydrogen-bond acceptors (Lipinski definition) is 2. The van der Waals surface area contributed by atoms with E-state index in [9.17, 15) is 0 Å². The predicted molar refractivity (Wildman–Crippen MR) is 86.7 cm³/mol. The van der Waals surface area contributed by atoms with E-state index in [-0.39, 0.29) is 11.5 Å². The van der Waals surface area contributed by atoms with E-state index in [1.54, 1.807) is 12.1 Å². The maximum Gasteiger partial charge on any atom is 0.154 e. The minimum atomic E-state index is 0.0436. The quantitative estimate of drug-likeness (QED) is 0.768. The molecule has 0 aliphatic carbocycles. The second-order valence-corrected chi connectivity index (χ2v) is 6.99. The van der Waals surface area contributed by atoms with Crippen LogP contribution in [0.4, 0.5) is 0 Å². The zero-order valence-corrected chi connectivity index (χ0v) is 13.9. The van der Waals surface area contributed by atoms with Crippen molar-refractivity contribution in [2.75, 3.05) is 6.54 Å². The molecule has 1 heterocycles. The Kier molecular flexibility index (Phi) is 4.68. The average molecular weight is 314 g/mol. The summed E-state index contributed by atoms with van der Waals surface area (Å²) < 4.78 is 5.99. The fourth-order valence-corrected chi connectivity index (χ4v) is 2.75. The Labute approximate surface area is 130 Å². The Morgan fingerprint density at radius 2 is 1.85 bits per heavy atom. The third-order valence-electron chi connectivity index (χ3n) is 3.35. The van der Waals surface area contributed by atoms with Gasteiger partial charge in [-0.05, 0) is 36.6 Å². The smallest absolute Gasteiger partial charge is 0.154 e. The van der Waals surface area contributed by atoms with Crippen molar-refractivity contribution in [2.45, 2.75) is 40.2 Å². The van der Waals surface area contributed by atoms with E-state index in [0.717, 1.165) is 24.1 Å². The highest BCUT2D eigenvalue weighted by atomic mass is 35.5. The van der Waals surface area contributed by atoms with Gasteiger partial charge in [0.05, 0.1) is 16.1 Å². The van der Waals surface area contributed by atoms with Crippen molar-refractivity contribution >= 4 is 34.2 Å². The van der Waals surface area contributed by atoms with Gasteiger partial charge in [0.15, 0.2) is 5.58 Å². The Hall–Kier alpha value is -0.700. The van der Waals surface area contributed by atoms with E-state index in [4.69, 9.17) is 27.6 Å². The van der Waals surface area contributed by atoms with Crippen LogP contribution in [0.3, 0.4) is 0 Å². The summed E-state index contributed by atoms with van der Waals surface area (Å²) >= 11 is 12.4. The number of hydrogen-bond donors (Lipinski definition) is 1. The third-order valence-corrected chi connectivity index (χ3v) is 3.98. The highest BCUT2D eigenvalue weighted by Gasteiger charge is 2.29. The van der Waals surface area contributed by atoms with Crippen LogP contribution >= 0.6 is 23.2 Å². The zero-order chi connectivity index (χ0) is 14.9. The van der Waals surface area contributed by atoms with Gasteiger partial charge in [0.1, 0.15) is 5.76 Å². The van der Waals surface area contributed by atoms with Crippen LogP contribution in [0.25, 0.3) is 11.0 Å². The van der Waals surface area contributed by atoms with Crippen molar-refractivity contribution in [3.8, 4) is 0 Å². The SMILES string of the molecule is CCCNC(c1cc2c(Cl)ccc(Cl)c2o1)C(C)(C)C. The fourth-order valence-electron chi connectivity index (χ4n) is 2.34. The van der Waals surface area contributed by atoms with Crippen LogP contribution in [0.5, 0.6) is 0 Å². The lowest BCUT2D eigenvalue weighted by molar-refractivity contribution is 0.242. The summed E-state index contributed by atoms with van der Waals surface area (Å²) in [6, 6.07) is 5.70. The highest BCUT2D eigenvalue weighted by Crippen LogP contribution is 2.39. The van der Waals surface area contributed by atoms with Gasteiger partial charge in [-0.25, -0.2) is 0 Å². The van der Waals surface area contributed by atoms with Gasteiger partial charge in [0.2, 0.25) is 0 Å². The van der Waals surface area contributed by atoms with Crippen LogP contribution in [0.1, 0.15) is 45.9 Å². The van der Waals surface area contributed by atoms with Crippen LogP contribution in [0, 0.1) is 5.41 Å². The maximum absolute atomic E-state index is 6.23. The molecule has 0 amide bonds. The van der Waals surface area contributed by atoms with E-state index < -0.39 is 0 Å². The molecule has 20 heavy (non-hydrogen) atoms. The third kappa shape index (κ3) is 3.13. The van der Waals surface area contributed by atoms with E-state index in [0.29, 0.717) is 15.6 Å². The molecule has 2 rings (SSSR count). The Morgan fingerprint density at radius 3 is 2.40 bits per heavy atom. The van der Waals surface area contributed by atoms with Crippen LogP contribution < -0.4 is 5.32 Å². The lowest BCUT2D eigenvalue weighted by atomic mass is 9.85. The molecular formula is C16H21Cl2NO. The van der Waals surface area contributed by atoms with Crippen LogP contribution in [-0.2, 0) is 0 Å². The molecule has 1 N–H and O–H groups in total. The Morgan fingerprint density at radius 1 is 1.20 bits per heavy atom. The minimum absolute atomic E-state index is 0.0436. The summed E-state index contributed by atoms with van der Waals surface area (Å²) in [5.74, 6) is 0.885. The van der Waals surface area contributed by atoms with Gasteiger partial charge in [-0.1, -0.05) is 50.9 Å². The molecule has 0 fully saturated rings. The van der Waals surface area contributed by atoms with Gasteiger partial charge < -0.3 is 9.73 Å². The molecule has 2 aromatic rings. The summed E-state index contributed by atoms with van der Waals surface area (Å²) in [5, 5.41) is 5.69. The van der Waals surface area contributed by atoms with E-state index in [1.807, 2.05) is 6.07 Å². The van der Waals surface area contributed by atoms with Gasteiger partial charge in [-0.3, -0.25) is 0 Å². The number of halogens is 2. The predicted octanol–water partition coefficient (Wildman–Crippen LogP) is 5.83. The number of benzene rings is 1. The topological polar surface area (TPSA) is 25.2 Å². The van der Waals surface area contributed by atoms with E-state index >= 15 is 0 Å². The fraction of sp³-hybridized carbons (Fsp3) is 0.500. The Bertz CT molecular complexity index is 559. The van der Waals surface area contributed by atoms with Gasteiger partial charge in [0, 0.05) is 5.39 Å². The summed E-state index contributed by atoms with van der Waals surface area (Å²) in [4.78, 5) is 0. The van der Waals surface area contributed by atoms with Gasteiger partial charge in [0.25, 0.3) is 0 Å². The van der Waals surface area contributed by atoms with Gasteiger partial charge in [-0.2, -0.15) is 0 Å². The van der Waals surface area contributed by atoms with Crippen molar-refractivity contribution in [2.24, 2.45) is 5.41 Å². The van der Waals surface area contributed by atoms with Crippen LogP contribution in [-0.4, -0.2) is 6.54 Å². The van der Waals surface area contributed by atoms with E-state index in [2.05, 4.69) is 33.0 Å². The number of fused-ring (bicyclic) bond motifs is 1. The molecule has 4 heteroatoms. The molecule has 1 aromatic heterocycles. The summed E-state index contributed by atoms with van der Waals surface area (Å²) in [5.41, 5.74) is 0.712. The molecule has 2 nitrogen and oxygen atoms in total. The second-order valence-electron chi connectivity index (χ2n) is 6.17. The van der Waals surface area contributed by atoms with Crippen molar-refractivity contribution in [1.82, 2.24) is 5.32 Å². The molecule has 0 aliphatic rings.